The molecule has 1 N–H and O–H groups in total. The van der Waals surface area contributed by atoms with Gasteiger partial charge in [0, 0.05) is 25.1 Å². The third-order valence-electron chi connectivity index (χ3n) is 2.95. The zero-order valence-corrected chi connectivity index (χ0v) is 15.1. The first-order valence-corrected chi connectivity index (χ1v) is 8.77. The molecule has 19 heavy (non-hydrogen) atoms. The molecule has 104 valence electrons. The van der Waals surface area contributed by atoms with Gasteiger partial charge in [0.15, 0.2) is 0 Å². The minimum atomic E-state index is 0.201. The Morgan fingerprint density at radius 2 is 1.84 bits per heavy atom. The van der Waals surface area contributed by atoms with Crippen LogP contribution in [0.3, 0.4) is 0 Å². The quantitative estimate of drug-likeness (QED) is 0.833. The second-order valence-corrected chi connectivity index (χ2v) is 8.38. The Morgan fingerprint density at radius 1 is 1.16 bits per heavy atom. The van der Waals surface area contributed by atoms with Crippen molar-refractivity contribution in [1.82, 2.24) is 10.3 Å². The van der Waals surface area contributed by atoms with Crippen molar-refractivity contribution in [3.63, 3.8) is 0 Å². The highest BCUT2D eigenvalue weighted by Crippen LogP contribution is 2.36. The number of halogens is 1. The molecule has 0 amide bonds. The van der Waals surface area contributed by atoms with E-state index in [9.17, 15) is 0 Å². The maximum absolute atomic E-state index is 4.73. The summed E-state index contributed by atoms with van der Waals surface area (Å²) in [4.78, 5) is 8.67. The van der Waals surface area contributed by atoms with E-state index in [1.54, 1.807) is 11.3 Å². The van der Waals surface area contributed by atoms with Gasteiger partial charge in [0.25, 0.3) is 0 Å². The average molecular weight is 359 g/mol. The Hall–Kier alpha value is -0.230. The molecule has 0 aromatic carbocycles. The van der Waals surface area contributed by atoms with Crippen LogP contribution >= 0.6 is 38.6 Å². The number of aryl methyl sites for hydroxylation is 3. The van der Waals surface area contributed by atoms with E-state index in [-0.39, 0.29) is 6.04 Å². The van der Waals surface area contributed by atoms with Gasteiger partial charge >= 0.3 is 0 Å². The summed E-state index contributed by atoms with van der Waals surface area (Å²) >= 11 is 7.23. The highest BCUT2D eigenvalue weighted by atomic mass is 79.9. The number of nitrogens with zero attached hydrogens (tertiary/aromatic N) is 1. The molecule has 0 aliphatic carbocycles. The van der Waals surface area contributed by atoms with E-state index in [0.717, 1.165) is 10.7 Å². The summed E-state index contributed by atoms with van der Waals surface area (Å²) in [7, 11) is 0. The predicted octanol–water partition coefficient (Wildman–Crippen LogP) is 4.98. The second kappa shape index (κ2) is 6.04. The van der Waals surface area contributed by atoms with Crippen molar-refractivity contribution in [3.8, 4) is 0 Å². The van der Waals surface area contributed by atoms with E-state index >= 15 is 0 Å². The molecule has 0 radical (unpaired) electrons. The van der Waals surface area contributed by atoms with Crippen molar-refractivity contribution < 1.29 is 0 Å². The topological polar surface area (TPSA) is 24.9 Å². The normalized spacial score (nSPS) is 13.2. The number of hydrogen-bond donors (Lipinski definition) is 1. The van der Waals surface area contributed by atoms with Crippen LogP contribution in [0.15, 0.2) is 10.5 Å². The van der Waals surface area contributed by atoms with Gasteiger partial charge in [-0.3, -0.25) is 0 Å². The van der Waals surface area contributed by atoms with E-state index < -0.39 is 0 Å². The Morgan fingerprint density at radius 3 is 2.26 bits per heavy atom. The highest BCUT2D eigenvalue weighted by Gasteiger charge is 2.22. The summed E-state index contributed by atoms with van der Waals surface area (Å²) < 4.78 is 1.19. The van der Waals surface area contributed by atoms with Gasteiger partial charge in [-0.05, 0) is 56.6 Å². The Bertz CT molecular complexity index is 487. The third kappa shape index (κ3) is 3.45. The van der Waals surface area contributed by atoms with Gasteiger partial charge in [-0.15, -0.1) is 22.7 Å². The van der Waals surface area contributed by atoms with Crippen molar-refractivity contribution in [2.75, 3.05) is 0 Å². The Kier molecular flexibility index (Phi) is 4.82. The molecule has 2 nitrogen and oxygen atoms in total. The summed E-state index contributed by atoms with van der Waals surface area (Å²) in [5.41, 5.74) is 1.14. The fourth-order valence-corrected chi connectivity index (χ4v) is 4.56. The lowest BCUT2D eigenvalue weighted by Crippen LogP contribution is -2.28. The molecule has 0 saturated carbocycles. The van der Waals surface area contributed by atoms with Crippen LogP contribution in [0.2, 0.25) is 0 Å². The van der Waals surface area contributed by atoms with Gasteiger partial charge in [0.2, 0.25) is 0 Å². The SMILES string of the molecule is Cc1nc(C(NC(C)C)c2cc(Br)c(C)s2)sc1C. The lowest BCUT2D eigenvalue weighted by Gasteiger charge is -2.18. The summed E-state index contributed by atoms with van der Waals surface area (Å²) in [6.45, 7) is 10.7. The summed E-state index contributed by atoms with van der Waals surface area (Å²) in [5.74, 6) is 0. The first-order valence-electron chi connectivity index (χ1n) is 6.34. The van der Waals surface area contributed by atoms with Gasteiger partial charge in [-0.1, -0.05) is 0 Å². The molecule has 0 spiro atoms. The lowest BCUT2D eigenvalue weighted by molar-refractivity contribution is 0.532. The van der Waals surface area contributed by atoms with Crippen molar-refractivity contribution in [2.24, 2.45) is 0 Å². The van der Waals surface area contributed by atoms with Crippen molar-refractivity contribution >= 4 is 38.6 Å². The van der Waals surface area contributed by atoms with Gasteiger partial charge in [0.1, 0.15) is 5.01 Å². The first kappa shape index (κ1) is 15.2. The second-order valence-electron chi connectivity index (χ2n) is 5.00. The van der Waals surface area contributed by atoms with E-state index in [1.165, 1.54) is 19.1 Å². The lowest BCUT2D eigenvalue weighted by atomic mass is 10.2. The molecule has 0 fully saturated rings. The molecule has 2 heterocycles. The van der Waals surface area contributed by atoms with Crippen molar-refractivity contribution in [2.45, 2.75) is 46.7 Å². The summed E-state index contributed by atoms with van der Waals surface area (Å²) in [5, 5.41) is 4.80. The maximum atomic E-state index is 4.73. The highest BCUT2D eigenvalue weighted by molar-refractivity contribution is 9.10. The van der Waals surface area contributed by atoms with E-state index in [4.69, 9.17) is 4.98 Å². The molecule has 2 aromatic rings. The van der Waals surface area contributed by atoms with Gasteiger partial charge < -0.3 is 5.32 Å². The maximum Gasteiger partial charge on any atom is 0.115 e. The smallest absolute Gasteiger partial charge is 0.115 e. The number of rotatable bonds is 4. The summed E-state index contributed by atoms with van der Waals surface area (Å²) in [6.07, 6.45) is 0. The molecule has 1 atom stereocenters. The fraction of sp³-hybridized carbons (Fsp3) is 0.500. The van der Waals surface area contributed by atoms with E-state index in [1.807, 2.05) is 11.3 Å². The minimum absolute atomic E-state index is 0.201. The van der Waals surface area contributed by atoms with Crippen molar-refractivity contribution in [1.29, 1.82) is 0 Å². The van der Waals surface area contributed by atoms with Crippen LogP contribution in [0.25, 0.3) is 0 Å². The van der Waals surface area contributed by atoms with Gasteiger partial charge in [-0.2, -0.15) is 0 Å². The van der Waals surface area contributed by atoms with Crippen LogP contribution in [0.1, 0.15) is 45.2 Å². The predicted molar refractivity (Wildman–Crippen MR) is 88.5 cm³/mol. The average Bonchev–Trinajstić information content (AvgIpc) is 2.81. The van der Waals surface area contributed by atoms with Crippen LogP contribution < -0.4 is 5.32 Å². The largest absolute Gasteiger partial charge is 0.301 e. The molecule has 2 aromatic heterocycles. The van der Waals surface area contributed by atoms with Crippen LogP contribution in [0.5, 0.6) is 0 Å². The molecule has 5 heteroatoms. The molecule has 0 bridgehead atoms. The molecular weight excluding hydrogens is 340 g/mol. The molecule has 0 saturated heterocycles. The van der Waals surface area contributed by atoms with Gasteiger partial charge in [0.05, 0.1) is 11.7 Å². The number of thiazole rings is 1. The van der Waals surface area contributed by atoms with Crippen molar-refractivity contribution in [3.05, 3.63) is 35.9 Å². The number of hydrogen-bond acceptors (Lipinski definition) is 4. The standard InChI is InChI=1S/C14H19BrN2S2/c1-7(2)16-13(12-6-11(15)10(5)18-12)14-17-8(3)9(4)19-14/h6-7,13,16H,1-5H3. The van der Waals surface area contributed by atoms with E-state index in [2.05, 4.69) is 61.9 Å². The van der Waals surface area contributed by atoms with Crippen LogP contribution in [-0.2, 0) is 0 Å². The number of nitrogens with one attached hydrogen (secondary N) is 1. The molecule has 0 aliphatic heterocycles. The van der Waals surface area contributed by atoms with Crippen LogP contribution in [0.4, 0.5) is 0 Å². The minimum Gasteiger partial charge on any atom is -0.301 e. The fourth-order valence-electron chi connectivity index (χ4n) is 1.85. The Labute approximate surface area is 131 Å². The van der Waals surface area contributed by atoms with Crippen LogP contribution in [0, 0.1) is 20.8 Å². The molecular formula is C14H19BrN2S2. The first-order chi connectivity index (χ1) is 8.88. The molecule has 0 aliphatic rings. The zero-order valence-electron chi connectivity index (χ0n) is 11.9. The van der Waals surface area contributed by atoms with Gasteiger partial charge in [-0.25, -0.2) is 4.98 Å². The summed E-state index contributed by atoms with van der Waals surface area (Å²) in [6, 6.07) is 2.84. The van der Waals surface area contributed by atoms with Crippen LogP contribution in [-0.4, -0.2) is 11.0 Å². The Balaban J connectivity index is 2.40. The third-order valence-corrected chi connectivity index (χ3v) is 6.29. The zero-order chi connectivity index (χ0) is 14.2. The number of thiophene rings is 1. The number of aromatic nitrogens is 1. The monoisotopic (exact) mass is 358 g/mol. The van der Waals surface area contributed by atoms with E-state index in [0.29, 0.717) is 6.04 Å². The molecule has 2 rings (SSSR count). The molecule has 1 unspecified atom stereocenters.